The molecular weight excluding hydrogens is 585 g/mol. The first-order valence-electron chi connectivity index (χ1n) is 21.0. The van der Waals surface area contributed by atoms with E-state index in [0.29, 0.717) is 35.5 Å². The zero-order valence-electron chi connectivity index (χ0n) is 32.7. The van der Waals surface area contributed by atoms with Crippen LogP contribution in [-0.2, 0) is 9.53 Å². The molecule has 4 aliphatic rings. The highest BCUT2D eigenvalue weighted by Crippen LogP contribution is 2.66. The molecular formula is C46H76O2. The SMILES string of the molecule is CCCCCCCCC=CCCCCCCCC(=O)OC1CCC2(C)C(=CC=C3C2CCC2(C)C3CCC2C(C)C=CC(C)C(C)C)C1. The largest absolute Gasteiger partial charge is 0.462 e. The maximum atomic E-state index is 12.8. The molecule has 2 nitrogen and oxygen atoms in total. The molecule has 8 unspecified atom stereocenters. The zero-order valence-corrected chi connectivity index (χ0v) is 32.7. The average molecular weight is 661 g/mol. The first-order chi connectivity index (χ1) is 23.1. The number of esters is 1. The molecule has 48 heavy (non-hydrogen) atoms. The first kappa shape index (κ1) is 39.2. The minimum absolute atomic E-state index is 0.0326. The van der Waals surface area contributed by atoms with Crippen LogP contribution in [0.5, 0.6) is 0 Å². The summed E-state index contributed by atoms with van der Waals surface area (Å²) < 4.78 is 6.10. The molecule has 0 aromatic heterocycles. The molecule has 272 valence electrons. The van der Waals surface area contributed by atoms with E-state index in [0.717, 1.165) is 43.9 Å². The van der Waals surface area contributed by atoms with E-state index in [-0.39, 0.29) is 17.5 Å². The van der Waals surface area contributed by atoms with Crippen LogP contribution in [-0.4, -0.2) is 12.1 Å². The van der Waals surface area contributed by atoms with Crippen LogP contribution in [0.15, 0.2) is 47.6 Å². The van der Waals surface area contributed by atoms with Crippen molar-refractivity contribution in [1.82, 2.24) is 0 Å². The lowest BCUT2D eigenvalue weighted by Gasteiger charge is -2.55. The third-order valence-corrected chi connectivity index (χ3v) is 13.9. The molecule has 0 saturated heterocycles. The van der Waals surface area contributed by atoms with Gasteiger partial charge in [0.05, 0.1) is 0 Å². The smallest absolute Gasteiger partial charge is 0.306 e. The van der Waals surface area contributed by atoms with Crippen LogP contribution in [0.3, 0.4) is 0 Å². The molecule has 0 aliphatic heterocycles. The second-order valence-corrected chi connectivity index (χ2v) is 17.6. The van der Waals surface area contributed by atoms with Gasteiger partial charge in [-0.15, -0.1) is 0 Å². The topological polar surface area (TPSA) is 26.3 Å². The number of carbonyl (C=O) groups excluding carboxylic acids is 1. The molecule has 0 spiro atoms. The van der Waals surface area contributed by atoms with Crippen molar-refractivity contribution in [3.63, 3.8) is 0 Å². The van der Waals surface area contributed by atoms with Gasteiger partial charge in [-0.2, -0.15) is 0 Å². The number of ether oxygens (including phenoxy) is 1. The van der Waals surface area contributed by atoms with Gasteiger partial charge in [0, 0.05) is 12.8 Å². The Morgan fingerprint density at radius 3 is 2.15 bits per heavy atom. The van der Waals surface area contributed by atoms with E-state index in [1.165, 1.54) is 96.3 Å². The van der Waals surface area contributed by atoms with E-state index in [1.54, 1.807) is 11.1 Å². The predicted octanol–water partition coefficient (Wildman–Crippen LogP) is 13.9. The van der Waals surface area contributed by atoms with Crippen LogP contribution in [0, 0.1) is 46.3 Å². The molecule has 3 fully saturated rings. The summed E-state index contributed by atoms with van der Waals surface area (Å²) in [7, 11) is 0. The number of fused-ring (bicyclic) bond motifs is 5. The second-order valence-electron chi connectivity index (χ2n) is 17.6. The maximum Gasteiger partial charge on any atom is 0.306 e. The summed E-state index contributed by atoms with van der Waals surface area (Å²) in [5.41, 5.74) is 3.99. The predicted molar refractivity (Wildman–Crippen MR) is 207 cm³/mol. The monoisotopic (exact) mass is 661 g/mol. The zero-order chi connectivity index (χ0) is 34.6. The Balaban J connectivity index is 1.16. The molecule has 4 rings (SSSR count). The molecule has 0 N–H and O–H groups in total. The van der Waals surface area contributed by atoms with Crippen LogP contribution < -0.4 is 0 Å². The Morgan fingerprint density at radius 2 is 1.46 bits per heavy atom. The van der Waals surface area contributed by atoms with Crippen molar-refractivity contribution in [1.29, 1.82) is 0 Å². The van der Waals surface area contributed by atoms with Crippen LogP contribution in [0.1, 0.15) is 183 Å². The fourth-order valence-electron chi connectivity index (χ4n) is 10.3. The highest BCUT2D eigenvalue weighted by Gasteiger charge is 2.57. The van der Waals surface area contributed by atoms with Gasteiger partial charge in [0.15, 0.2) is 0 Å². The second kappa shape index (κ2) is 19.2. The lowest BCUT2D eigenvalue weighted by atomic mass is 9.50. The first-order valence-corrected chi connectivity index (χ1v) is 21.0. The average Bonchev–Trinajstić information content (AvgIpc) is 3.42. The van der Waals surface area contributed by atoms with Crippen molar-refractivity contribution in [2.75, 3.05) is 0 Å². The Kier molecular flexibility index (Phi) is 15.6. The van der Waals surface area contributed by atoms with Gasteiger partial charge < -0.3 is 4.74 Å². The summed E-state index contributed by atoms with van der Waals surface area (Å²) in [5, 5.41) is 0. The minimum Gasteiger partial charge on any atom is -0.462 e. The van der Waals surface area contributed by atoms with Crippen LogP contribution in [0.2, 0.25) is 0 Å². The molecule has 3 saturated carbocycles. The molecule has 2 heteroatoms. The van der Waals surface area contributed by atoms with Crippen molar-refractivity contribution in [2.45, 2.75) is 189 Å². The number of allylic oxidation sites excluding steroid dienone is 7. The van der Waals surface area contributed by atoms with Crippen LogP contribution in [0.25, 0.3) is 0 Å². The number of unbranched alkanes of at least 4 members (excludes halogenated alkanes) is 11. The van der Waals surface area contributed by atoms with Gasteiger partial charge in [0.1, 0.15) is 6.10 Å². The van der Waals surface area contributed by atoms with Gasteiger partial charge in [0.25, 0.3) is 0 Å². The summed E-state index contributed by atoms with van der Waals surface area (Å²) in [6.07, 6.45) is 40.7. The normalized spacial score (nSPS) is 31.3. The lowest BCUT2D eigenvalue weighted by molar-refractivity contribution is -0.151. The fraction of sp³-hybridized carbons (Fsp3) is 0.804. The summed E-state index contributed by atoms with van der Waals surface area (Å²) in [6.45, 7) is 17.0. The molecule has 0 amide bonds. The van der Waals surface area contributed by atoms with Crippen molar-refractivity contribution >= 4 is 5.97 Å². The molecule has 0 radical (unpaired) electrons. The van der Waals surface area contributed by atoms with E-state index < -0.39 is 0 Å². The minimum atomic E-state index is 0.0326. The molecule has 8 atom stereocenters. The van der Waals surface area contributed by atoms with E-state index in [9.17, 15) is 4.79 Å². The third kappa shape index (κ3) is 10.2. The van der Waals surface area contributed by atoms with Crippen LogP contribution >= 0.6 is 0 Å². The Labute approximate surface area is 298 Å². The highest BCUT2D eigenvalue weighted by atomic mass is 16.5. The Bertz CT molecular complexity index is 1110. The van der Waals surface area contributed by atoms with E-state index in [1.807, 2.05) is 0 Å². The number of rotatable bonds is 20. The summed E-state index contributed by atoms with van der Waals surface area (Å²) in [4.78, 5) is 12.8. The van der Waals surface area contributed by atoms with Crippen LogP contribution in [0.4, 0.5) is 0 Å². The molecule has 4 aliphatic carbocycles. The van der Waals surface area contributed by atoms with Crippen molar-refractivity contribution in [3.8, 4) is 0 Å². The maximum absolute atomic E-state index is 12.8. The molecule has 0 bridgehead atoms. The Hall–Kier alpha value is -1.57. The highest BCUT2D eigenvalue weighted by molar-refractivity contribution is 5.69. The quantitative estimate of drug-likeness (QED) is 0.0738. The molecule has 0 aromatic rings. The number of hydrogen-bond donors (Lipinski definition) is 0. The van der Waals surface area contributed by atoms with Crippen molar-refractivity contribution in [3.05, 3.63) is 47.6 Å². The van der Waals surface area contributed by atoms with Gasteiger partial charge in [-0.25, -0.2) is 0 Å². The fourth-order valence-corrected chi connectivity index (χ4v) is 10.3. The molecule has 0 aromatic carbocycles. The standard InChI is InChI=1S/C46H76O2/c1-8-9-10-11-12-13-14-15-16-17-18-19-20-21-22-23-44(47)48-39-30-32-45(6)38(34-39)26-27-40-42-29-28-41(46(42,7)33-31-43(40)45)37(5)25-24-36(4)35(2)3/h15-16,24-27,35-37,39,41-43H,8-14,17-23,28-34H2,1-7H3. The van der Waals surface area contributed by atoms with Crippen molar-refractivity contribution in [2.24, 2.45) is 46.3 Å². The third-order valence-electron chi connectivity index (χ3n) is 13.9. The van der Waals surface area contributed by atoms with Gasteiger partial charge in [-0.1, -0.05) is 147 Å². The lowest BCUT2D eigenvalue weighted by Crippen LogP contribution is -2.46. The Morgan fingerprint density at radius 1 is 0.792 bits per heavy atom. The van der Waals surface area contributed by atoms with E-state index in [2.05, 4.69) is 84.9 Å². The number of hydrogen-bond acceptors (Lipinski definition) is 2. The summed E-state index contributed by atoms with van der Waals surface area (Å²) in [6, 6.07) is 0. The van der Waals surface area contributed by atoms with Gasteiger partial charge in [0.2, 0.25) is 0 Å². The van der Waals surface area contributed by atoms with Crippen molar-refractivity contribution < 1.29 is 9.53 Å². The van der Waals surface area contributed by atoms with Gasteiger partial charge in [-0.3, -0.25) is 4.79 Å². The van der Waals surface area contributed by atoms with Gasteiger partial charge >= 0.3 is 5.97 Å². The van der Waals surface area contributed by atoms with E-state index >= 15 is 0 Å². The van der Waals surface area contributed by atoms with E-state index in [4.69, 9.17) is 4.74 Å². The number of carbonyl (C=O) groups is 1. The summed E-state index contributed by atoms with van der Waals surface area (Å²) in [5.74, 6) is 4.24. The summed E-state index contributed by atoms with van der Waals surface area (Å²) >= 11 is 0. The molecule has 0 heterocycles. The van der Waals surface area contributed by atoms with Gasteiger partial charge in [-0.05, 0) is 117 Å².